The van der Waals surface area contributed by atoms with Crippen molar-refractivity contribution in [1.29, 1.82) is 0 Å². The number of hydrogen-bond acceptors (Lipinski definition) is 4. The van der Waals surface area contributed by atoms with E-state index in [-0.39, 0.29) is 24.1 Å². The van der Waals surface area contributed by atoms with Crippen LogP contribution in [0.2, 0.25) is 0 Å². The summed E-state index contributed by atoms with van der Waals surface area (Å²) in [6, 6.07) is 6.56. The molecule has 0 aliphatic carbocycles. The summed E-state index contributed by atoms with van der Waals surface area (Å²) >= 11 is 0. The Morgan fingerprint density at radius 1 is 1.21 bits per heavy atom. The molecule has 1 aliphatic rings. The van der Waals surface area contributed by atoms with E-state index in [0.717, 1.165) is 19.3 Å². The fraction of sp³-hybridized carbons (Fsp3) is 0.529. The Morgan fingerprint density at radius 3 is 2.46 bits per heavy atom. The average molecular weight is 353 g/mol. The van der Waals surface area contributed by atoms with Crippen LogP contribution in [0.4, 0.5) is 0 Å². The van der Waals surface area contributed by atoms with Crippen LogP contribution in [0.15, 0.2) is 24.3 Å². The van der Waals surface area contributed by atoms with Gasteiger partial charge in [-0.15, -0.1) is 0 Å². The molecule has 1 aromatic rings. The topological polar surface area (TPSA) is 91.8 Å². The van der Waals surface area contributed by atoms with E-state index in [1.807, 2.05) is 0 Å². The SMILES string of the molecule is CS(=O)(=O)Cc1ccc(C(=O)N2CCCC[C@@H]2CCC(=O)O)cc1. The molecular weight excluding hydrogens is 330 g/mol. The van der Waals surface area contributed by atoms with Crippen LogP contribution in [0.5, 0.6) is 0 Å². The van der Waals surface area contributed by atoms with Crippen molar-refractivity contribution in [2.24, 2.45) is 0 Å². The van der Waals surface area contributed by atoms with Gasteiger partial charge in [0.15, 0.2) is 9.84 Å². The van der Waals surface area contributed by atoms with Crippen molar-refractivity contribution >= 4 is 21.7 Å². The minimum absolute atomic E-state index is 0.0435. The summed E-state index contributed by atoms with van der Waals surface area (Å²) in [6.07, 6.45) is 4.44. The van der Waals surface area contributed by atoms with E-state index in [4.69, 9.17) is 5.11 Å². The van der Waals surface area contributed by atoms with Crippen molar-refractivity contribution < 1.29 is 23.1 Å². The number of aliphatic carboxylic acids is 1. The molecule has 0 spiro atoms. The summed E-state index contributed by atoms with van der Waals surface area (Å²) in [7, 11) is -3.11. The monoisotopic (exact) mass is 353 g/mol. The van der Waals surface area contributed by atoms with Crippen molar-refractivity contribution in [1.82, 2.24) is 4.90 Å². The van der Waals surface area contributed by atoms with Crippen LogP contribution in [0.25, 0.3) is 0 Å². The van der Waals surface area contributed by atoms with E-state index in [1.54, 1.807) is 29.2 Å². The lowest BCUT2D eigenvalue weighted by atomic mass is 9.97. The molecule has 1 atom stereocenters. The summed E-state index contributed by atoms with van der Waals surface area (Å²) in [5, 5.41) is 8.86. The quantitative estimate of drug-likeness (QED) is 0.845. The number of piperidine rings is 1. The number of carboxylic acid groups (broad SMARTS) is 1. The predicted octanol–water partition coefficient (Wildman–Crippen LogP) is 2.09. The van der Waals surface area contributed by atoms with Gasteiger partial charge in [0, 0.05) is 30.8 Å². The smallest absolute Gasteiger partial charge is 0.303 e. The number of sulfone groups is 1. The maximum absolute atomic E-state index is 12.7. The first-order valence-electron chi connectivity index (χ1n) is 8.06. The van der Waals surface area contributed by atoms with Crippen LogP contribution in [-0.4, -0.2) is 49.1 Å². The van der Waals surface area contributed by atoms with Gasteiger partial charge in [0.05, 0.1) is 5.75 Å². The lowest BCUT2D eigenvalue weighted by Gasteiger charge is -2.35. The number of hydrogen-bond donors (Lipinski definition) is 1. The van der Waals surface area contributed by atoms with Gasteiger partial charge in [0.1, 0.15) is 0 Å². The molecule has 1 amide bonds. The molecule has 24 heavy (non-hydrogen) atoms. The zero-order valence-electron chi connectivity index (χ0n) is 13.8. The van der Waals surface area contributed by atoms with Gasteiger partial charge in [0.25, 0.3) is 5.91 Å². The molecular formula is C17H23NO5S. The van der Waals surface area contributed by atoms with E-state index in [1.165, 1.54) is 6.26 Å². The van der Waals surface area contributed by atoms with Crippen molar-refractivity contribution in [3.05, 3.63) is 35.4 Å². The molecule has 1 heterocycles. The van der Waals surface area contributed by atoms with Gasteiger partial charge >= 0.3 is 5.97 Å². The third-order valence-electron chi connectivity index (χ3n) is 4.21. The highest BCUT2D eigenvalue weighted by molar-refractivity contribution is 7.89. The van der Waals surface area contributed by atoms with Crippen molar-refractivity contribution in [2.45, 2.75) is 43.9 Å². The predicted molar refractivity (Wildman–Crippen MR) is 90.5 cm³/mol. The molecule has 7 heteroatoms. The Balaban J connectivity index is 2.09. The summed E-state index contributed by atoms with van der Waals surface area (Å²) in [4.78, 5) is 25.3. The zero-order chi connectivity index (χ0) is 17.7. The second-order valence-electron chi connectivity index (χ2n) is 6.35. The summed E-state index contributed by atoms with van der Waals surface area (Å²) in [5.41, 5.74) is 1.16. The Morgan fingerprint density at radius 2 is 1.88 bits per heavy atom. The summed E-state index contributed by atoms with van der Waals surface area (Å²) < 4.78 is 22.6. The Kier molecular flexibility index (Phi) is 5.99. The van der Waals surface area contributed by atoms with Gasteiger partial charge in [-0.05, 0) is 43.4 Å². The molecule has 1 saturated heterocycles. The molecule has 132 valence electrons. The van der Waals surface area contributed by atoms with Crippen LogP contribution in [0.3, 0.4) is 0 Å². The second kappa shape index (κ2) is 7.79. The molecule has 0 bridgehead atoms. The van der Waals surface area contributed by atoms with Crippen LogP contribution in [0, 0.1) is 0 Å². The van der Waals surface area contributed by atoms with Crippen molar-refractivity contribution in [3.63, 3.8) is 0 Å². The minimum atomic E-state index is -3.11. The molecule has 1 aliphatic heterocycles. The van der Waals surface area contributed by atoms with Crippen molar-refractivity contribution in [2.75, 3.05) is 12.8 Å². The van der Waals surface area contributed by atoms with Gasteiger partial charge in [0.2, 0.25) is 0 Å². The second-order valence-corrected chi connectivity index (χ2v) is 8.49. The van der Waals surface area contributed by atoms with Crippen LogP contribution in [-0.2, 0) is 20.4 Å². The first kappa shape index (κ1) is 18.4. The number of carbonyl (C=O) groups excluding carboxylic acids is 1. The highest BCUT2D eigenvalue weighted by Crippen LogP contribution is 2.23. The molecule has 1 fully saturated rings. The Labute approximate surface area is 142 Å². The zero-order valence-corrected chi connectivity index (χ0v) is 14.6. The molecule has 2 rings (SSSR count). The molecule has 0 unspecified atom stereocenters. The van der Waals surface area contributed by atoms with Crippen LogP contribution in [0.1, 0.15) is 48.0 Å². The fourth-order valence-electron chi connectivity index (χ4n) is 3.07. The number of amides is 1. The van der Waals surface area contributed by atoms with E-state index in [9.17, 15) is 18.0 Å². The fourth-order valence-corrected chi connectivity index (χ4v) is 3.87. The first-order valence-corrected chi connectivity index (χ1v) is 10.1. The van der Waals surface area contributed by atoms with E-state index < -0.39 is 15.8 Å². The Bertz CT molecular complexity index is 696. The van der Waals surface area contributed by atoms with Crippen LogP contribution < -0.4 is 0 Å². The third kappa shape index (κ3) is 5.33. The first-order chi connectivity index (χ1) is 11.3. The molecule has 0 radical (unpaired) electrons. The van der Waals surface area contributed by atoms with E-state index >= 15 is 0 Å². The van der Waals surface area contributed by atoms with Gasteiger partial charge in [-0.1, -0.05) is 12.1 Å². The number of rotatable bonds is 6. The largest absolute Gasteiger partial charge is 0.481 e. The van der Waals surface area contributed by atoms with Gasteiger partial charge in [-0.25, -0.2) is 8.42 Å². The normalized spacial score (nSPS) is 18.4. The highest BCUT2D eigenvalue weighted by atomic mass is 32.2. The molecule has 1 N–H and O–H groups in total. The number of nitrogens with zero attached hydrogens (tertiary/aromatic N) is 1. The lowest BCUT2D eigenvalue weighted by Crippen LogP contribution is -2.44. The molecule has 0 aromatic heterocycles. The van der Waals surface area contributed by atoms with Crippen LogP contribution >= 0.6 is 0 Å². The molecule has 1 aromatic carbocycles. The number of likely N-dealkylation sites (tertiary alicyclic amines) is 1. The maximum Gasteiger partial charge on any atom is 0.303 e. The van der Waals surface area contributed by atoms with E-state index in [0.29, 0.717) is 24.1 Å². The van der Waals surface area contributed by atoms with Crippen molar-refractivity contribution in [3.8, 4) is 0 Å². The van der Waals surface area contributed by atoms with Gasteiger partial charge < -0.3 is 10.0 Å². The molecule has 0 saturated carbocycles. The van der Waals surface area contributed by atoms with Gasteiger partial charge in [-0.3, -0.25) is 9.59 Å². The minimum Gasteiger partial charge on any atom is -0.481 e. The summed E-state index contributed by atoms with van der Waals surface area (Å²) in [6.45, 7) is 0.633. The van der Waals surface area contributed by atoms with Gasteiger partial charge in [-0.2, -0.15) is 0 Å². The Hall–Kier alpha value is -1.89. The maximum atomic E-state index is 12.7. The lowest BCUT2D eigenvalue weighted by molar-refractivity contribution is -0.137. The van der Waals surface area contributed by atoms with E-state index in [2.05, 4.69) is 0 Å². The number of carbonyl (C=O) groups is 2. The highest BCUT2D eigenvalue weighted by Gasteiger charge is 2.27. The standard InChI is InChI=1S/C17H23NO5S/c1-24(22,23)12-13-5-7-14(8-6-13)17(21)18-11-3-2-4-15(18)9-10-16(19)20/h5-8,15H,2-4,9-12H2,1H3,(H,19,20)/t15-/m1/s1. The summed E-state index contributed by atoms with van der Waals surface area (Å²) in [5.74, 6) is -1.01. The third-order valence-corrected chi connectivity index (χ3v) is 5.07. The molecule has 6 nitrogen and oxygen atoms in total. The number of carboxylic acids is 1. The number of benzene rings is 1. The average Bonchev–Trinajstić information content (AvgIpc) is 2.52.